The van der Waals surface area contributed by atoms with Gasteiger partial charge in [-0.25, -0.2) is 4.98 Å². The number of amides is 1. The van der Waals surface area contributed by atoms with Gasteiger partial charge in [0.05, 0.1) is 11.1 Å². The van der Waals surface area contributed by atoms with Gasteiger partial charge >= 0.3 is 0 Å². The average molecular weight is 334 g/mol. The lowest BCUT2D eigenvalue weighted by atomic mass is 10.1. The molecule has 1 aliphatic heterocycles. The molecule has 1 aliphatic rings. The smallest absolute Gasteiger partial charge is 0.251 e. The van der Waals surface area contributed by atoms with Crippen LogP contribution in [0.15, 0.2) is 36.9 Å². The van der Waals surface area contributed by atoms with Crippen molar-refractivity contribution in [3.63, 3.8) is 0 Å². The summed E-state index contributed by atoms with van der Waals surface area (Å²) in [6, 6.07) is 7.94. The van der Waals surface area contributed by atoms with Crippen LogP contribution < -0.4 is 5.32 Å². The number of rotatable bonds is 5. The van der Waals surface area contributed by atoms with E-state index >= 15 is 0 Å². The molecule has 1 fully saturated rings. The third-order valence-electron chi connectivity index (χ3n) is 3.37. The predicted molar refractivity (Wildman–Crippen MR) is 91.0 cm³/mol. The van der Waals surface area contributed by atoms with Crippen LogP contribution in [0.4, 0.5) is 0 Å². The Labute approximate surface area is 138 Å². The third kappa shape index (κ3) is 3.84. The van der Waals surface area contributed by atoms with Gasteiger partial charge < -0.3 is 5.32 Å². The predicted octanol–water partition coefficient (Wildman–Crippen LogP) is 2.58. The molecule has 22 heavy (non-hydrogen) atoms. The number of nitrogens with one attached hydrogen (secondary N) is 1. The van der Waals surface area contributed by atoms with Crippen molar-refractivity contribution >= 4 is 29.4 Å². The van der Waals surface area contributed by atoms with Crippen molar-refractivity contribution < 1.29 is 4.79 Å². The van der Waals surface area contributed by atoms with E-state index in [0.717, 1.165) is 0 Å². The molecule has 1 amide bonds. The Morgan fingerprint density at radius 1 is 1.36 bits per heavy atom. The minimum atomic E-state index is -0.0501. The van der Waals surface area contributed by atoms with Gasteiger partial charge in [-0.2, -0.15) is 5.10 Å². The normalized spacial score (nSPS) is 16.6. The first-order valence-corrected chi connectivity index (χ1v) is 9.28. The van der Waals surface area contributed by atoms with Gasteiger partial charge in [0.25, 0.3) is 5.91 Å². The highest BCUT2D eigenvalue weighted by Crippen LogP contribution is 2.45. The molecule has 7 heteroatoms. The van der Waals surface area contributed by atoms with Crippen LogP contribution in [-0.2, 0) is 6.54 Å². The van der Waals surface area contributed by atoms with Gasteiger partial charge in [-0.15, -0.1) is 23.5 Å². The molecule has 3 rings (SSSR count). The molecule has 0 saturated carbocycles. The molecule has 0 radical (unpaired) electrons. The minimum Gasteiger partial charge on any atom is -0.348 e. The quantitative estimate of drug-likeness (QED) is 0.911. The Kier molecular flexibility index (Phi) is 5.04. The van der Waals surface area contributed by atoms with Gasteiger partial charge in [-0.3, -0.25) is 9.48 Å². The maximum atomic E-state index is 12.2. The highest BCUT2D eigenvalue weighted by atomic mass is 32.2. The lowest BCUT2D eigenvalue weighted by molar-refractivity contribution is 0.0936. The van der Waals surface area contributed by atoms with Gasteiger partial charge in [0, 0.05) is 23.1 Å². The van der Waals surface area contributed by atoms with Crippen LogP contribution in [0.2, 0.25) is 0 Å². The Morgan fingerprint density at radius 2 is 2.09 bits per heavy atom. The van der Waals surface area contributed by atoms with E-state index in [-0.39, 0.29) is 11.9 Å². The van der Waals surface area contributed by atoms with Gasteiger partial charge in [0.1, 0.15) is 12.7 Å². The summed E-state index contributed by atoms with van der Waals surface area (Å²) in [6.07, 6.45) is 3.14. The summed E-state index contributed by atoms with van der Waals surface area (Å²) < 4.78 is 2.23. The number of carbonyl (C=O) groups is 1. The second-order valence-electron chi connectivity index (χ2n) is 5.19. The maximum Gasteiger partial charge on any atom is 0.251 e. The Bertz CT molecular complexity index is 609. The van der Waals surface area contributed by atoms with Crippen LogP contribution in [0.3, 0.4) is 0 Å². The van der Waals surface area contributed by atoms with E-state index in [1.807, 2.05) is 42.6 Å². The zero-order valence-corrected chi connectivity index (χ0v) is 13.9. The Hall–Kier alpha value is -1.47. The van der Waals surface area contributed by atoms with E-state index in [9.17, 15) is 4.79 Å². The van der Waals surface area contributed by atoms with Crippen molar-refractivity contribution in [2.24, 2.45) is 0 Å². The topological polar surface area (TPSA) is 59.8 Å². The third-order valence-corrected chi connectivity index (χ3v) is 6.48. The Morgan fingerprint density at radius 3 is 2.73 bits per heavy atom. The standard InChI is InChI=1S/C15H18N4OS2/c1-11(8-19-10-16-9-17-19)18-14(20)12-2-4-13(5-3-12)15-21-6-7-22-15/h2-5,9-11,15H,6-8H2,1H3,(H,18,20). The largest absolute Gasteiger partial charge is 0.348 e. The van der Waals surface area contributed by atoms with Gasteiger partial charge in [0.15, 0.2) is 0 Å². The summed E-state index contributed by atoms with van der Waals surface area (Å²) >= 11 is 3.94. The fraction of sp³-hybridized carbons (Fsp3) is 0.400. The summed E-state index contributed by atoms with van der Waals surface area (Å²) in [6.45, 7) is 2.57. The molecular formula is C15H18N4OS2. The van der Waals surface area contributed by atoms with E-state index in [2.05, 4.69) is 27.5 Å². The number of hydrogen-bond donors (Lipinski definition) is 1. The van der Waals surface area contributed by atoms with Crippen LogP contribution in [-0.4, -0.2) is 38.2 Å². The van der Waals surface area contributed by atoms with Crippen LogP contribution in [0, 0.1) is 0 Å². The molecule has 1 saturated heterocycles. The molecule has 0 spiro atoms. The van der Waals surface area contributed by atoms with Crippen LogP contribution in [0.5, 0.6) is 0 Å². The summed E-state index contributed by atoms with van der Waals surface area (Å²) in [7, 11) is 0. The molecule has 0 aliphatic carbocycles. The molecule has 0 bridgehead atoms. The summed E-state index contributed by atoms with van der Waals surface area (Å²) in [4.78, 5) is 16.1. The highest BCUT2D eigenvalue weighted by molar-refractivity contribution is 8.19. The van der Waals surface area contributed by atoms with Gasteiger partial charge in [0.2, 0.25) is 0 Å². The molecule has 2 aromatic rings. The first-order chi connectivity index (χ1) is 10.7. The van der Waals surface area contributed by atoms with Crippen molar-refractivity contribution in [2.75, 3.05) is 11.5 Å². The van der Waals surface area contributed by atoms with Crippen LogP contribution in [0.1, 0.15) is 27.4 Å². The van der Waals surface area contributed by atoms with E-state index in [1.165, 1.54) is 23.4 Å². The van der Waals surface area contributed by atoms with Crippen molar-refractivity contribution in [3.05, 3.63) is 48.0 Å². The minimum absolute atomic E-state index is 0.00480. The molecule has 5 nitrogen and oxygen atoms in total. The summed E-state index contributed by atoms with van der Waals surface area (Å²) in [5, 5.41) is 7.03. The SMILES string of the molecule is CC(Cn1cncn1)NC(=O)c1ccc(C2SCCS2)cc1. The number of hydrogen-bond acceptors (Lipinski definition) is 5. The number of carbonyl (C=O) groups excluding carboxylic acids is 1. The summed E-state index contributed by atoms with van der Waals surface area (Å²) in [5.74, 6) is 2.36. The van der Waals surface area contributed by atoms with Crippen molar-refractivity contribution in [1.82, 2.24) is 20.1 Å². The number of benzene rings is 1. The monoisotopic (exact) mass is 334 g/mol. The second kappa shape index (κ2) is 7.19. The first-order valence-electron chi connectivity index (χ1n) is 7.19. The second-order valence-corrected chi connectivity index (χ2v) is 7.91. The lowest BCUT2D eigenvalue weighted by Crippen LogP contribution is -2.35. The van der Waals surface area contributed by atoms with E-state index in [1.54, 1.807) is 11.0 Å². The average Bonchev–Trinajstić information content (AvgIpc) is 3.20. The molecule has 1 aromatic heterocycles. The van der Waals surface area contributed by atoms with Gasteiger partial charge in [-0.1, -0.05) is 12.1 Å². The molecule has 1 N–H and O–H groups in total. The molecule has 1 atom stereocenters. The molecule has 2 heterocycles. The summed E-state index contributed by atoms with van der Waals surface area (Å²) in [5.41, 5.74) is 1.99. The van der Waals surface area contributed by atoms with E-state index < -0.39 is 0 Å². The Balaban J connectivity index is 1.57. The first kappa shape index (κ1) is 15.4. The lowest BCUT2D eigenvalue weighted by Gasteiger charge is -2.14. The zero-order chi connectivity index (χ0) is 15.4. The molecule has 1 aromatic carbocycles. The maximum absolute atomic E-state index is 12.2. The fourth-order valence-corrected chi connectivity index (χ4v) is 5.16. The van der Waals surface area contributed by atoms with Crippen molar-refractivity contribution in [1.29, 1.82) is 0 Å². The number of aromatic nitrogens is 3. The molecule has 1 unspecified atom stereocenters. The number of nitrogens with zero attached hydrogens (tertiary/aromatic N) is 3. The van der Waals surface area contributed by atoms with Crippen molar-refractivity contribution in [3.8, 4) is 0 Å². The molecule has 116 valence electrons. The molecular weight excluding hydrogens is 316 g/mol. The zero-order valence-electron chi connectivity index (χ0n) is 12.3. The highest BCUT2D eigenvalue weighted by Gasteiger charge is 2.18. The number of thioether (sulfide) groups is 2. The van der Waals surface area contributed by atoms with Crippen LogP contribution >= 0.6 is 23.5 Å². The fourth-order valence-electron chi connectivity index (χ4n) is 2.30. The van der Waals surface area contributed by atoms with Crippen molar-refractivity contribution in [2.45, 2.75) is 24.1 Å². The van der Waals surface area contributed by atoms with Crippen LogP contribution in [0.25, 0.3) is 0 Å². The van der Waals surface area contributed by atoms with E-state index in [0.29, 0.717) is 16.7 Å². The van der Waals surface area contributed by atoms with Gasteiger partial charge in [-0.05, 0) is 24.6 Å². The van der Waals surface area contributed by atoms with E-state index in [4.69, 9.17) is 0 Å².